The Bertz CT molecular complexity index is 1400. The fourth-order valence-electron chi connectivity index (χ4n) is 5.49. The largest absolute Gasteiger partial charge is 0.497 e. The highest BCUT2D eigenvalue weighted by Gasteiger charge is 2.74. The lowest BCUT2D eigenvalue weighted by Crippen LogP contribution is -2.51. The van der Waals surface area contributed by atoms with Crippen LogP contribution in [0.4, 0.5) is 5.69 Å². The molecule has 0 N–H and O–H groups in total. The summed E-state index contributed by atoms with van der Waals surface area (Å²) in [4.78, 5) is 56.2. The number of hydrogen-bond donors (Lipinski definition) is 0. The number of carbonyl (C=O) groups is 4. The number of carbonyl (C=O) groups excluding carboxylic acids is 4. The van der Waals surface area contributed by atoms with Crippen LogP contribution in [0.5, 0.6) is 5.75 Å². The van der Waals surface area contributed by atoms with Gasteiger partial charge >= 0.3 is 0 Å². The van der Waals surface area contributed by atoms with Crippen molar-refractivity contribution in [1.29, 1.82) is 0 Å². The monoisotopic (exact) mass is 487 g/mol. The molecule has 3 aliphatic rings. The first kappa shape index (κ1) is 21.7. The first-order valence-electron chi connectivity index (χ1n) is 11.0. The second-order valence-corrected chi connectivity index (χ2v) is 9.12. The Hall–Kier alpha value is -3.81. The van der Waals surface area contributed by atoms with Gasteiger partial charge in [0.2, 0.25) is 29.0 Å². The molecule has 7 nitrogen and oxygen atoms in total. The van der Waals surface area contributed by atoms with Crippen molar-refractivity contribution in [3.63, 3.8) is 0 Å². The molecule has 35 heavy (non-hydrogen) atoms. The van der Waals surface area contributed by atoms with Gasteiger partial charge in [-0.3, -0.25) is 19.2 Å². The summed E-state index contributed by atoms with van der Waals surface area (Å²) in [7, 11) is 1.51. The second kappa shape index (κ2) is 7.60. The Morgan fingerprint density at radius 1 is 0.829 bits per heavy atom. The zero-order valence-electron chi connectivity index (χ0n) is 18.4. The van der Waals surface area contributed by atoms with E-state index in [0.29, 0.717) is 22.0 Å². The molecule has 1 aliphatic carbocycles. The number of ether oxygens (including phenoxy) is 2. The molecule has 0 bridgehead atoms. The van der Waals surface area contributed by atoms with Gasteiger partial charge in [0.05, 0.1) is 30.7 Å². The molecule has 2 heterocycles. The first-order valence-corrected chi connectivity index (χ1v) is 11.4. The van der Waals surface area contributed by atoms with E-state index in [1.807, 2.05) is 0 Å². The minimum absolute atomic E-state index is 0.180. The molecule has 0 unspecified atom stereocenters. The molecular formula is C27H18ClNO6. The third kappa shape index (κ3) is 2.76. The quantitative estimate of drug-likeness (QED) is 0.409. The SMILES string of the molecule is COc1ccc(N2C(=O)[C@@H]3[C@@H](c4ccccc4Cl)OC4(C(=O)c5ccccc5C4=O)[C@@H]3C2=O)cc1. The van der Waals surface area contributed by atoms with Crippen molar-refractivity contribution < 1.29 is 28.7 Å². The lowest BCUT2D eigenvalue weighted by Gasteiger charge is -2.27. The summed E-state index contributed by atoms with van der Waals surface area (Å²) in [6.07, 6.45) is -1.06. The van der Waals surface area contributed by atoms with Crippen LogP contribution in [-0.4, -0.2) is 36.1 Å². The van der Waals surface area contributed by atoms with Gasteiger partial charge in [-0.2, -0.15) is 0 Å². The van der Waals surface area contributed by atoms with E-state index in [1.165, 1.54) is 19.2 Å². The summed E-state index contributed by atoms with van der Waals surface area (Å²) in [6.45, 7) is 0. The van der Waals surface area contributed by atoms with Crippen LogP contribution in [-0.2, 0) is 14.3 Å². The molecule has 2 amide bonds. The summed E-state index contributed by atoms with van der Waals surface area (Å²) < 4.78 is 11.4. The van der Waals surface area contributed by atoms with Gasteiger partial charge in [0, 0.05) is 21.7 Å². The van der Waals surface area contributed by atoms with Crippen LogP contribution in [0.3, 0.4) is 0 Å². The summed E-state index contributed by atoms with van der Waals surface area (Å²) >= 11 is 6.45. The summed E-state index contributed by atoms with van der Waals surface area (Å²) in [5.41, 5.74) is -1.01. The zero-order valence-corrected chi connectivity index (χ0v) is 19.2. The maximum Gasteiger partial charge on any atom is 0.241 e. The maximum absolute atomic E-state index is 13.9. The number of hydrogen-bond acceptors (Lipinski definition) is 6. The van der Waals surface area contributed by atoms with Crippen LogP contribution in [0, 0.1) is 11.8 Å². The van der Waals surface area contributed by atoms with E-state index in [0.717, 1.165) is 4.90 Å². The molecule has 0 aromatic heterocycles. The highest BCUT2D eigenvalue weighted by Crippen LogP contribution is 2.58. The van der Waals surface area contributed by atoms with Gasteiger partial charge in [0.1, 0.15) is 5.75 Å². The number of imide groups is 1. The Labute approximate surface area is 205 Å². The van der Waals surface area contributed by atoms with Crippen LogP contribution in [0.25, 0.3) is 0 Å². The number of anilines is 1. The predicted octanol–water partition coefficient (Wildman–Crippen LogP) is 4.04. The predicted molar refractivity (Wildman–Crippen MR) is 126 cm³/mol. The number of fused-ring (bicyclic) bond motifs is 3. The van der Waals surface area contributed by atoms with E-state index >= 15 is 0 Å². The van der Waals surface area contributed by atoms with Crippen LogP contribution in [0.2, 0.25) is 5.02 Å². The normalized spacial score (nSPS) is 24.3. The molecule has 174 valence electrons. The van der Waals surface area contributed by atoms with Crippen molar-refractivity contribution in [2.24, 2.45) is 11.8 Å². The molecule has 2 saturated heterocycles. The molecule has 3 atom stereocenters. The van der Waals surface area contributed by atoms with E-state index in [1.54, 1.807) is 60.7 Å². The second-order valence-electron chi connectivity index (χ2n) is 8.71. The summed E-state index contributed by atoms with van der Waals surface area (Å²) in [5.74, 6) is -4.31. The third-order valence-corrected chi connectivity index (χ3v) is 7.41. The van der Waals surface area contributed by atoms with Crippen molar-refractivity contribution in [2.75, 3.05) is 12.0 Å². The molecule has 0 radical (unpaired) electrons. The van der Waals surface area contributed by atoms with Gasteiger partial charge in [-0.05, 0) is 30.3 Å². The summed E-state index contributed by atoms with van der Waals surface area (Å²) in [5, 5.41) is 0.312. The van der Waals surface area contributed by atoms with E-state index in [2.05, 4.69) is 0 Å². The number of Topliss-reactive ketones (excluding diaryl/α,β-unsaturated/α-hetero) is 2. The van der Waals surface area contributed by atoms with E-state index in [9.17, 15) is 19.2 Å². The Kier molecular flexibility index (Phi) is 4.71. The highest BCUT2D eigenvalue weighted by atomic mass is 35.5. The standard InChI is InChI=1S/C27H18ClNO6/c1-34-15-12-10-14(11-13-15)29-25(32)20-21(26(29)33)27(35-22(20)18-8-4-5-9-19(18)28)23(30)16-6-2-3-7-17(16)24(27)31/h2-13,20-22H,1H3/t20-,21-,22+/m0/s1. The third-order valence-electron chi connectivity index (χ3n) is 7.06. The fraction of sp³-hybridized carbons (Fsp3) is 0.185. The lowest BCUT2D eigenvalue weighted by molar-refractivity contribution is -0.127. The lowest BCUT2D eigenvalue weighted by atomic mass is 9.77. The number of nitrogens with zero attached hydrogens (tertiary/aromatic N) is 1. The summed E-state index contributed by atoms with van der Waals surface area (Å²) in [6, 6.07) is 19.5. The van der Waals surface area contributed by atoms with Crippen molar-refractivity contribution >= 4 is 40.7 Å². The fourth-order valence-corrected chi connectivity index (χ4v) is 5.73. The first-order chi connectivity index (χ1) is 16.9. The van der Waals surface area contributed by atoms with Crippen LogP contribution < -0.4 is 9.64 Å². The molecule has 2 fully saturated rings. The van der Waals surface area contributed by atoms with Crippen molar-refractivity contribution in [2.45, 2.75) is 11.7 Å². The Balaban J connectivity index is 1.54. The average Bonchev–Trinajstić information content (AvgIpc) is 3.44. The number of halogens is 1. The molecule has 6 rings (SSSR count). The van der Waals surface area contributed by atoms with Crippen molar-refractivity contribution in [1.82, 2.24) is 0 Å². The van der Waals surface area contributed by atoms with Crippen molar-refractivity contribution in [3.8, 4) is 5.75 Å². The van der Waals surface area contributed by atoms with E-state index in [4.69, 9.17) is 21.1 Å². The molecule has 3 aromatic rings. The highest BCUT2D eigenvalue weighted by molar-refractivity contribution is 6.37. The number of rotatable bonds is 3. The average molecular weight is 488 g/mol. The molecular weight excluding hydrogens is 470 g/mol. The van der Waals surface area contributed by atoms with Gasteiger partial charge in [-0.15, -0.1) is 0 Å². The van der Waals surface area contributed by atoms with Gasteiger partial charge in [0.15, 0.2) is 0 Å². The van der Waals surface area contributed by atoms with E-state index in [-0.39, 0.29) is 11.1 Å². The number of benzene rings is 3. The van der Waals surface area contributed by atoms with E-state index < -0.39 is 46.9 Å². The molecule has 3 aromatic carbocycles. The van der Waals surface area contributed by atoms with Crippen LogP contribution >= 0.6 is 11.6 Å². The molecule has 1 spiro atoms. The Morgan fingerprint density at radius 3 is 2.03 bits per heavy atom. The number of methoxy groups -OCH3 is 1. The molecule has 2 aliphatic heterocycles. The topological polar surface area (TPSA) is 90.0 Å². The Morgan fingerprint density at radius 2 is 1.43 bits per heavy atom. The van der Waals surface area contributed by atoms with Crippen molar-refractivity contribution in [3.05, 3.63) is 94.5 Å². The van der Waals surface area contributed by atoms with Gasteiger partial charge in [0.25, 0.3) is 0 Å². The number of amides is 2. The minimum Gasteiger partial charge on any atom is -0.497 e. The smallest absolute Gasteiger partial charge is 0.241 e. The molecule has 8 heteroatoms. The van der Waals surface area contributed by atoms with Gasteiger partial charge in [-0.1, -0.05) is 54.1 Å². The van der Waals surface area contributed by atoms with Crippen LogP contribution in [0.1, 0.15) is 32.4 Å². The maximum atomic E-state index is 13.9. The number of ketones is 2. The van der Waals surface area contributed by atoms with Gasteiger partial charge in [-0.25, -0.2) is 4.90 Å². The van der Waals surface area contributed by atoms with Crippen LogP contribution in [0.15, 0.2) is 72.8 Å². The minimum atomic E-state index is -2.13. The van der Waals surface area contributed by atoms with Gasteiger partial charge < -0.3 is 9.47 Å². The zero-order chi connectivity index (χ0) is 24.5. The molecule has 0 saturated carbocycles.